The van der Waals surface area contributed by atoms with E-state index in [1.54, 1.807) is 37.7 Å². The molecule has 0 atom stereocenters. The zero-order chi connectivity index (χ0) is 11.4. The number of para-hydroxylation sites is 1. The lowest BCUT2D eigenvalue weighted by molar-refractivity contribution is 0.412. The monoisotopic (exact) mass is 216 g/mol. The Balaban J connectivity index is 2.28. The Morgan fingerprint density at radius 1 is 1.12 bits per heavy atom. The Bertz CT molecular complexity index is 472. The Kier molecular flexibility index (Phi) is 2.91. The number of aromatic nitrogens is 1. The molecule has 0 unspecified atom stereocenters. The number of anilines is 1. The molecule has 1 aromatic carbocycles. The molecule has 0 aliphatic carbocycles. The number of hydrogen-bond acceptors (Lipinski definition) is 4. The van der Waals surface area contributed by atoms with E-state index in [0.717, 1.165) is 0 Å². The number of rotatable bonds is 3. The van der Waals surface area contributed by atoms with Gasteiger partial charge in [0.25, 0.3) is 0 Å². The zero-order valence-electron chi connectivity index (χ0n) is 8.88. The molecule has 16 heavy (non-hydrogen) atoms. The lowest BCUT2D eigenvalue weighted by Crippen LogP contribution is -1.95. The van der Waals surface area contributed by atoms with Crippen molar-refractivity contribution < 1.29 is 9.47 Å². The third-order valence-electron chi connectivity index (χ3n) is 2.11. The maximum absolute atomic E-state index is 5.87. The van der Waals surface area contributed by atoms with Crippen molar-refractivity contribution in [3.63, 3.8) is 0 Å². The van der Waals surface area contributed by atoms with Gasteiger partial charge in [0.05, 0.1) is 13.3 Å². The lowest BCUT2D eigenvalue weighted by Gasteiger charge is -2.10. The van der Waals surface area contributed by atoms with Crippen molar-refractivity contribution in [2.24, 2.45) is 0 Å². The first kappa shape index (κ1) is 10.3. The van der Waals surface area contributed by atoms with Crippen LogP contribution in [-0.4, -0.2) is 12.1 Å². The average Bonchev–Trinajstić information content (AvgIpc) is 2.33. The molecule has 0 aliphatic heterocycles. The molecule has 0 amide bonds. The largest absolute Gasteiger partial charge is 0.494 e. The van der Waals surface area contributed by atoms with Crippen molar-refractivity contribution in [2.75, 3.05) is 12.8 Å². The van der Waals surface area contributed by atoms with E-state index in [-0.39, 0.29) is 0 Å². The number of nitrogens with two attached hydrogens (primary N) is 1. The summed E-state index contributed by atoms with van der Waals surface area (Å²) < 4.78 is 10.7. The maximum atomic E-state index is 5.87. The quantitative estimate of drug-likeness (QED) is 0.801. The fourth-order valence-electron chi connectivity index (χ4n) is 1.33. The minimum Gasteiger partial charge on any atom is -0.494 e. The van der Waals surface area contributed by atoms with Crippen molar-refractivity contribution >= 4 is 5.69 Å². The SMILES string of the molecule is COc1cccc(Oc2cccnc2)c1N. The average molecular weight is 216 g/mol. The molecule has 0 bridgehead atoms. The van der Waals surface area contributed by atoms with Crippen LogP contribution in [0, 0.1) is 0 Å². The first-order chi connectivity index (χ1) is 7.81. The van der Waals surface area contributed by atoms with E-state index in [2.05, 4.69) is 4.98 Å². The Morgan fingerprint density at radius 3 is 2.62 bits per heavy atom. The molecule has 2 rings (SSSR count). The molecule has 0 radical (unpaired) electrons. The summed E-state index contributed by atoms with van der Waals surface area (Å²) in [7, 11) is 1.57. The molecule has 1 heterocycles. The van der Waals surface area contributed by atoms with Crippen LogP contribution in [0.25, 0.3) is 0 Å². The number of ether oxygens (including phenoxy) is 2. The van der Waals surface area contributed by atoms with E-state index in [1.165, 1.54) is 0 Å². The molecule has 0 fully saturated rings. The summed E-state index contributed by atoms with van der Waals surface area (Å²) in [6, 6.07) is 8.99. The first-order valence-electron chi connectivity index (χ1n) is 4.81. The fourth-order valence-corrected chi connectivity index (χ4v) is 1.33. The van der Waals surface area contributed by atoms with E-state index in [1.807, 2.05) is 12.1 Å². The highest BCUT2D eigenvalue weighted by molar-refractivity contribution is 5.63. The Hall–Kier alpha value is -2.23. The molecule has 1 aromatic heterocycles. The number of hydrogen-bond donors (Lipinski definition) is 1. The highest BCUT2D eigenvalue weighted by atomic mass is 16.5. The van der Waals surface area contributed by atoms with Crippen LogP contribution in [0.4, 0.5) is 5.69 Å². The highest BCUT2D eigenvalue weighted by Gasteiger charge is 2.06. The second-order valence-electron chi connectivity index (χ2n) is 3.16. The van der Waals surface area contributed by atoms with Crippen molar-refractivity contribution in [3.8, 4) is 17.2 Å². The number of nitrogens with zero attached hydrogens (tertiary/aromatic N) is 1. The second kappa shape index (κ2) is 4.53. The minimum atomic E-state index is 0.480. The highest BCUT2D eigenvalue weighted by Crippen LogP contribution is 2.33. The number of benzene rings is 1. The van der Waals surface area contributed by atoms with Crippen LogP contribution in [0.1, 0.15) is 0 Å². The minimum absolute atomic E-state index is 0.480. The number of nitrogen functional groups attached to an aromatic ring is 1. The predicted molar refractivity (Wildman–Crippen MR) is 61.7 cm³/mol. The van der Waals surface area contributed by atoms with Crippen LogP contribution in [-0.2, 0) is 0 Å². The molecule has 0 spiro atoms. The van der Waals surface area contributed by atoms with Crippen molar-refractivity contribution in [1.82, 2.24) is 4.98 Å². The molecule has 2 N–H and O–H groups in total. The molecule has 82 valence electrons. The summed E-state index contributed by atoms with van der Waals surface area (Å²) in [5.41, 5.74) is 6.35. The van der Waals surface area contributed by atoms with E-state index >= 15 is 0 Å². The summed E-state index contributed by atoms with van der Waals surface area (Å²) in [5, 5.41) is 0. The van der Waals surface area contributed by atoms with Gasteiger partial charge in [0.15, 0.2) is 5.75 Å². The summed E-state index contributed by atoms with van der Waals surface area (Å²) in [5.74, 6) is 1.80. The number of pyridine rings is 1. The fraction of sp³-hybridized carbons (Fsp3) is 0.0833. The zero-order valence-corrected chi connectivity index (χ0v) is 8.88. The summed E-state index contributed by atoms with van der Waals surface area (Å²) in [6.07, 6.45) is 3.31. The van der Waals surface area contributed by atoms with Crippen LogP contribution in [0.3, 0.4) is 0 Å². The molecule has 4 nitrogen and oxygen atoms in total. The van der Waals surface area contributed by atoms with Gasteiger partial charge in [0.2, 0.25) is 0 Å². The standard InChI is InChI=1S/C12H12N2O2/c1-15-10-5-2-6-11(12(10)13)16-9-4-3-7-14-8-9/h2-8H,13H2,1H3. The van der Waals surface area contributed by atoms with E-state index in [9.17, 15) is 0 Å². The molecule has 4 heteroatoms. The predicted octanol–water partition coefficient (Wildman–Crippen LogP) is 2.46. The molecular formula is C12H12N2O2. The van der Waals surface area contributed by atoms with E-state index in [0.29, 0.717) is 22.9 Å². The van der Waals surface area contributed by atoms with Gasteiger partial charge in [-0.05, 0) is 24.3 Å². The van der Waals surface area contributed by atoms with Gasteiger partial charge in [-0.25, -0.2) is 0 Å². The lowest BCUT2D eigenvalue weighted by atomic mass is 10.2. The van der Waals surface area contributed by atoms with Crippen LogP contribution >= 0.6 is 0 Å². The maximum Gasteiger partial charge on any atom is 0.154 e. The topological polar surface area (TPSA) is 57.4 Å². The first-order valence-corrected chi connectivity index (χ1v) is 4.81. The summed E-state index contributed by atoms with van der Waals surface area (Å²) >= 11 is 0. The second-order valence-corrected chi connectivity index (χ2v) is 3.16. The van der Waals surface area contributed by atoms with E-state index < -0.39 is 0 Å². The smallest absolute Gasteiger partial charge is 0.154 e. The van der Waals surface area contributed by atoms with E-state index in [4.69, 9.17) is 15.2 Å². The van der Waals surface area contributed by atoms with Gasteiger partial charge in [-0.15, -0.1) is 0 Å². The van der Waals surface area contributed by atoms with Gasteiger partial charge in [-0.3, -0.25) is 4.98 Å². The van der Waals surface area contributed by atoms with Crippen molar-refractivity contribution in [3.05, 3.63) is 42.7 Å². The molecular weight excluding hydrogens is 204 g/mol. The molecule has 0 aliphatic rings. The van der Waals surface area contributed by atoms with Gasteiger partial charge in [-0.2, -0.15) is 0 Å². The normalized spacial score (nSPS) is 9.81. The molecule has 0 saturated heterocycles. The van der Waals surface area contributed by atoms with Crippen molar-refractivity contribution in [2.45, 2.75) is 0 Å². The third kappa shape index (κ3) is 2.06. The van der Waals surface area contributed by atoms with Crippen LogP contribution in [0.15, 0.2) is 42.7 Å². The number of methoxy groups -OCH3 is 1. The summed E-state index contributed by atoms with van der Waals surface area (Å²) in [4.78, 5) is 3.96. The van der Waals surface area contributed by atoms with Crippen LogP contribution in [0.2, 0.25) is 0 Å². The Labute approximate surface area is 93.6 Å². The molecule has 2 aromatic rings. The van der Waals surface area contributed by atoms with Crippen LogP contribution in [0.5, 0.6) is 17.2 Å². The third-order valence-corrected chi connectivity index (χ3v) is 2.11. The van der Waals surface area contributed by atoms with Gasteiger partial charge in [0, 0.05) is 6.20 Å². The molecule has 0 saturated carbocycles. The van der Waals surface area contributed by atoms with Crippen LogP contribution < -0.4 is 15.2 Å². The van der Waals surface area contributed by atoms with Crippen molar-refractivity contribution in [1.29, 1.82) is 0 Å². The van der Waals surface area contributed by atoms with Gasteiger partial charge in [-0.1, -0.05) is 6.07 Å². The summed E-state index contributed by atoms with van der Waals surface area (Å²) in [6.45, 7) is 0. The Morgan fingerprint density at radius 2 is 1.94 bits per heavy atom. The van der Waals surface area contributed by atoms with Gasteiger partial charge >= 0.3 is 0 Å². The van der Waals surface area contributed by atoms with Gasteiger partial charge in [0.1, 0.15) is 17.2 Å². The van der Waals surface area contributed by atoms with Gasteiger partial charge < -0.3 is 15.2 Å².